The van der Waals surface area contributed by atoms with Crippen molar-refractivity contribution in [1.82, 2.24) is 15.6 Å². The molecule has 0 spiro atoms. The van der Waals surface area contributed by atoms with Gasteiger partial charge in [-0.2, -0.15) is 0 Å². The molecule has 3 rings (SSSR count). The van der Waals surface area contributed by atoms with Crippen LogP contribution in [0, 0.1) is 0 Å². The molecule has 29 heavy (non-hydrogen) atoms. The van der Waals surface area contributed by atoms with Crippen molar-refractivity contribution in [2.75, 3.05) is 25.5 Å². The van der Waals surface area contributed by atoms with Crippen LogP contribution >= 0.6 is 0 Å². The number of oxazole rings is 1. The molecule has 0 unspecified atom stereocenters. The van der Waals surface area contributed by atoms with Gasteiger partial charge in [-0.15, -0.1) is 0 Å². The summed E-state index contributed by atoms with van der Waals surface area (Å²) in [4.78, 5) is 19.9. The first kappa shape index (κ1) is 20.7. The fourth-order valence-electron chi connectivity index (χ4n) is 2.91. The summed E-state index contributed by atoms with van der Waals surface area (Å²) in [7, 11) is 1.71. The molecule has 0 fully saturated rings. The van der Waals surface area contributed by atoms with Gasteiger partial charge in [-0.05, 0) is 30.2 Å². The summed E-state index contributed by atoms with van der Waals surface area (Å²) in [6.45, 7) is 7.79. The highest BCUT2D eigenvalue weighted by atomic mass is 16.5. The molecule has 8 heteroatoms. The molecule has 0 atom stereocenters. The largest absolute Gasteiger partial charge is 0.492 e. The predicted octanol–water partition coefficient (Wildman–Crippen LogP) is 2.60. The number of nitrogens with one attached hydrogen (secondary N) is 3. The molecule has 0 bridgehead atoms. The summed E-state index contributed by atoms with van der Waals surface area (Å²) >= 11 is 0. The lowest BCUT2D eigenvalue weighted by molar-refractivity contribution is -0.116. The number of nitrogens with zero attached hydrogens (tertiary/aromatic N) is 2. The standard InChI is InChI=1S/C21H29N5O3/c1-21(2,3)17-12-24-19(29-17)13-25-20(22-4)23-9-10-28-15-6-7-16-14(11-15)5-8-18(27)26-16/h6-7,11-12H,5,8-10,13H2,1-4H3,(H,26,27)(H2,22,23,25). The number of aliphatic imine (C=N–C) groups is 1. The molecule has 1 aromatic heterocycles. The van der Waals surface area contributed by atoms with Gasteiger partial charge in [-0.1, -0.05) is 20.8 Å². The first-order valence-electron chi connectivity index (χ1n) is 9.80. The monoisotopic (exact) mass is 399 g/mol. The molecule has 0 saturated carbocycles. The van der Waals surface area contributed by atoms with Crippen molar-refractivity contribution in [3.8, 4) is 5.75 Å². The molecule has 0 radical (unpaired) electrons. The van der Waals surface area contributed by atoms with Crippen LogP contribution in [0.2, 0.25) is 0 Å². The second-order valence-electron chi connectivity index (χ2n) is 7.94. The highest BCUT2D eigenvalue weighted by molar-refractivity contribution is 5.94. The molecule has 1 aliphatic heterocycles. The van der Waals surface area contributed by atoms with Crippen LogP contribution in [0.25, 0.3) is 0 Å². The maximum atomic E-state index is 11.4. The molecular weight excluding hydrogens is 370 g/mol. The number of hydrogen-bond acceptors (Lipinski definition) is 5. The maximum absolute atomic E-state index is 11.4. The van der Waals surface area contributed by atoms with E-state index in [1.807, 2.05) is 18.2 Å². The molecular formula is C21H29N5O3. The Bertz CT molecular complexity index is 883. The van der Waals surface area contributed by atoms with Crippen molar-refractivity contribution in [3.63, 3.8) is 0 Å². The number of hydrogen-bond donors (Lipinski definition) is 3. The van der Waals surface area contributed by atoms with Gasteiger partial charge in [0.05, 0.1) is 19.3 Å². The van der Waals surface area contributed by atoms with E-state index < -0.39 is 0 Å². The Hall–Kier alpha value is -3.03. The molecule has 0 saturated heterocycles. The maximum Gasteiger partial charge on any atom is 0.224 e. The fourth-order valence-corrected chi connectivity index (χ4v) is 2.91. The smallest absolute Gasteiger partial charge is 0.224 e. The van der Waals surface area contributed by atoms with Gasteiger partial charge >= 0.3 is 0 Å². The molecule has 0 aliphatic carbocycles. The van der Waals surface area contributed by atoms with Gasteiger partial charge in [0.2, 0.25) is 11.8 Å². The average molecular weight is 399 g/mol. The quantitative estimate of drug-likeness (QED) is 0.392. The minimum absolute atomic E-state index is 0.0635. The van der Waals surface area contributed by atoms with E-state index in [9.17, 15) is 4.79 Å². The van der Waals surface area contributed by atoms with E-state index in [2.05, 4.69) is 46.7 Å². The number of aryl methyl sites for hydroxylation is 1. The minimum Gasteiger partial charge on any atom is -0.492 e. The lowest BCUT2D eigenvalue weighted by Crippen LogP contribution is -2.38. The number of carbonyl (C=O) groups is 1. The number of amides is 1. The minimum atomic E-state index is -0.0647. The van der Waals surface area contributed by atoms with Crippen molar-refractivity contribution in [2.24, 2.45) is 4.99 Å². The summed E-state index contributed by atoms with van der Waals surface area (Å²) in [5, 5.41) is 9.25. The van der Waals surface area contributed by atoms with Crippen molar-refractivity contribution >= 4 is 17.6 Å². The average Bonchev–Trinajstić information content (AvgIpc) is 3.17. The van der Waals surface area contributed by atoms with Crippen molar-refractivity contribution in [1.29, 1.82) is 0 Å². The number of aromatic nitrogens is 1. The van der Waals surface area contributed by atoms with Gasteiger partial charge < -0.3 is 25.1 Å². The third-order valence-corrected chi connectivity index (χ3v) is 4.56. The number of ether oxygens (including phenoxy) is 1. The van der Waals surface area contributed by atoms with Gasteiger partial charge in [-0.3, -0.25) is 9.79 Å². The molecule has 1 aliphatic rings. The number of fused-ring (bicyclic) bond motifs is 1. The second-order valence-corrected chi connectivity index (χ2v) is 7.94. The van der Waals surface area contributed by atoms with E-state index in [0.29, 0.717) is 38.0 Å². The summed E-state index contributed by atoms with van der Waals surface area (Å²) < 4.78 is 11.6. The normalized spacial score (nSPS) is 14.2. The summed E-state index contributed by atoms with van der Waals surface area (Å²) in [5.74, 6) is 2.98. The summed E-state index contributed by atoms with van der Waals surface area (Å²) in [6.07, 6.45) is 3.03. The number of guanidine groups is 1. The summed E-state index contributed by atoms with van der Waals surface area (Å²) in [5.41, 5.74) is 1.91. The van der Waals surface area contributed by atoms with Crippen molar-refractivity contribution in [3.05, 3.63) is 41.6 Å². The SMILES string of the molecule is CN=C(NCCOc1ccc2c(c1)CCC(=O)N2)NCc1ncc(C(C)(C)C)o1. The van der Waals surface area contributed by atoms with E-state index in [1.54, 1.807) is 13.2 Å². The van der Waals surface area contributed by atoms with Crippen molar-refractivity contribution in [2.45, 2.75) is 45.6 Å². The van der Waals surface area contributed by atoms with E-state index in [-0.39, 0.29) is 11.3 Å². The molecule has 2 heterocycles. The Balaban J connectivity index is 1.41. The van der Waals surface area contributed by atoms with Crippen LogP contribution < -0.4 is 20.7 Å². The van der Waals surface area contributed by atoms with E-state index >= 15 is 0 Å². The first-order chi connectivity index (χ1) is 13.8. The Labute approximate surface area is 171 Å². The van der Waals surface area contributed by atoms with Gasteiger partial charge in [0, 0.05) is 24.6 Å². The Morgan fingerprint density at radius 1 is 1.31 bits per heavy atom. The van der Waals surface area contributed by atoms with Crippen LogP contribution in [0.3, 0.4) is 0 Å². The molecule has 2 aromatic rings. The number of benzene rings is 1. The second kappa shape index (κ2) is 8.98. The third kappa shape index (κ3) is 5.73. The summed E-state index contributed by atoms with van der Waals surface area (Å²) in [6, 6.07) is 5.74. The lowest BCUT2D eigenvalue weighted by Gasteiger charge is -2.18. The van der Waals surface area contributed by atoms with Crippen LogP contribution in [0.5, 0.6) is 5.75 Å². The Kier molecular flexibility index (Phi) is 6.41. The highest BCUT2D eigenvalue weighted by Crippen LogP contribution is 2.26. The van der Waals surface area contributed by atoms with E-state index in [4.69, 9.17) is 9.15 Å². The zero-order chi connectivity index (χ0) is 20.9. The lowest BCUT2D eigenvalue weighted by atomic mass is 9.94. The van der Waals surface area contributed by atoms with E-state index in [0.717, 1.165) is 29.2 Å². The topological polar surface area (TPSA) is 101 Å². The molecule has 156 valence electrons. The number of carbonyl (C=O) groups excluding carboxylic acids is 1. The van der Waals surface area contributed by atoms with E-state index in [1.165, 1.54) is 0 Å². The molecule has 8 nitrogen and oxygen atoms in total. The molecule has 1 amide bonds. The zero-order valence-electron chi connectivity index (χ0n) is 17.5. The van der Waals surface area contributed by atoms with Crippen LogP contribution in [0.15, 0.2) is 33.8 Å². The number of rotatable bonds is 6. The van der Waals surface area contributed by atoms with Gasteiger partial charge in [0.1, 0.15) is 18.1 Å². The highest BCUT2D eigenvalue weighted by Gasteiger charge is 2.19. The molecule has 3 N–H and O–H groups in total. The van der Waals surface area contributed by atoms with Crippen LogP contribution in [0.4, 0.5) is 5.69 Å². The van der Waals surface area contributed by atoms with Gasteiger partial charge in [0.15, 0.2) is 5.96 Å². The number of anilines is 1. The first-order valence-corrected chi connectivity index (χ1v) is 9.80. The molecule has 1 aromatic carbocycles. The van der Waals surface area contributed by atoms with Crippen LogP contribution in [-0.2, 0) is 23.2 Å². The Morgan fingerprint density at radius 2 is 2.14 bits per heavy atom. The van der Waals surface area contributed by atoms with Gasteiger partial charge in [0.25, 0.3) is 0 Å². The van der Waals surface area contributed by atoms with Crippen LogP contribution in [-0.4, -0.2) is 37.1 Å². The Morgan fingerprint density at radius 3 is 2.86 bits per heavy atom. The van der Waals surface area contributed by atoms with Gasteiger partial charge in [-0.25, -0.2) is 4.98 Å². The predicted molar refractivity (Wildman–Crippen MR) is 112 cm³/mol. The third-order valence-electron chi connectivity index (χ3n) is 4.56. The van der Waals surface area contributed by atoms with Crippen LogP contribution in [0.1, 0.15) is 44.4 Å². The van der Waals surface area contributed by atoms with Crippen molar-refractivity contribution < 1.29 is 13.9 Å². The zero-order valence-corrected chi connectivity index (χ0v) is 17.5. The fraction of sp³-hybridized carbons (Fsp3) is 0.476.